The van der Waals surface area contributed by atoms with Crippen LogP contribution in [-0.2, 0) is 6.54 Å². The summed E-state index contributed by atoms with van der Waals surface area (Å²) < 4.78 is 5.30. The maximum Gasteiger partial charge on any atom is 0.119 e. The van der Waals surface area contributed by atoms with Gasteiger partial charge in [-0.3, -0.25) is 9.88 Å². The van der Waals surface area contributed by atoms with Gasteiger partial charge in [0.15, 0.2) is 0 Å². The Morgan fingerprint density at radius 2 is 1.89 bits per heavy atom. The number of aromatic amines is 1. The van der Waals surface area contributed by atoms with Gasteiger partial charge < -0.3 is 14.6 Å². The standard InChI is InChI=1S/C23H24N4O/c1-28-19-7-8-21-17(15-19)5-6-18(25-21)16-26-11-13-27(14-12-26)23-4-2-3-22-20(23)9-10-24-22/h2-10,15,24H,11-14,16H2,1H3. The van der Waals surface area contributed by atoms with Crippen LogP contribution in [0.4, 0.5) is 5.69 Å². The van der Waals surface area contributed by atoms with Crippen LogP contribution < -0.4 is 9.64 Å². The summed E-state index contributed by atoms with van der Waals surface area (Å²) in [6.45, 7) is 5.06. The van der Waals surface area contributed by atoms with Crippen molar-refractivity contribution in [3.05, 3.63) is 66.5 Å². The molecule has 0 aliphatic carbocycles. The summed E-state index contributed by atoms with van der Waals surface area (Å²) >= 11 is 0. The van der Waals surface area contributed by atoms with Gasteiger partial charge in [-0.05, 0) is 42.5 Å². The first-order valence-electron chi connectivity index (χ1n) is 9.77. The molecule has 0 bridgehead atoms. The average Bonchev–Trinajstić information content (AvgIpc) is 3.23. The van der Waals surface area contributed by atoms with Gasteiger partial charge in [0.05, 0.1) is 18.3 Å². The van der Waals surface area contributed by atoms with E-state index in [0.717, 1.165) is 55.1 Å². The predicted octanol–water partition coefficient (Wildman–Crippen LogP) is 4.05. The van der Waals surface area contributed by atoms with Gasteiger partial charge in [0.25, 0.3) is 0 Å². The van der Waals surface area contributed by atoms with Crippen molar-refractivity contribution in [3.63, 3.8) is 0 Å². The van der Waals surface area contributed by atoms with Crippen LogP contribution in [0.3, 0.4) is 0 Å². The highest BCUT2D eigenvalue weighted by Crippen LogP contribution is 2.27. The predicted molar refractivity (Wildman–Crippen MR) is 114 cm³/mol. The molecule has 0 radical (unpaired) electrons. The van der Waals surface area contributed by atoms with E-state index >= 15 is 0 Å². The molecule has 0 spiro atoms. The van der Waals surface area contributed by atoms with Gasteiger partial charge in [-0.15, -0.1) is 0 Å². The van der Waals surface area contributed by atoms with Crippen LogP contribution in [0.5, 0.6) is 5.75 Å². The molecule has 0 unspecified atom stereocenters. The van der Waals surface area contributed by atoms with E-state index in [1.165, 1.54) is 16.6 Å². The van der Waals surface area contributed by atoms with Crippen molar-refractivity contribution in [1.29, 1.82) is 0 Å². The number of pyridine rings is 1. The largest absolute Gasteiger partial charge is 0.497 e. The van der Waals surface area contributed by atoms with Crippen LogP contribution in [0.15, 0.2) is 60.8 Å². The zero-order valence-corrected chi connectivity index (χ0v) is 16.1. The van der Waals surface area contributed by atoms with Crippen molar-refractivity contribution in [2.24, 2.45) is 0 Å². The molecule has 1 aliphatic rings. The number of fused-ring (bicyclic) bond motifs is 2. The van der Waals surface area contributed by atoms with Crippen molar-refractivity contribution in [2.45, 2.75) is 6.54 Å². The minimum absolute atomic E-state index is 0.871. The number of anilines is 1. The summed E-state index contributed by atoms with van der Waals surface area (Å²) in [6, 6.07) is 19.0. The Balaban J connectivity index is 1.27. The molecule has 3 heterocycles. The Labute approximate surface area is 164 Å². The average molecular weight is 372 g/mol. The Morgan fingerprint density at radius 3 is 2.75 bits per heavy atom. The van der Waals surface area contributed by atoms with Crippen molar-refractivity contribution < 1.29 is 4.74 Å². The summed E-state index contributed by atoms with van der Waals surface area (Å²) in [4.78, 5) is 13.1. The van der Waals surface area contributed by atoms with Crippen molar-refractivity contribution in [3.8, 4) is 5.75 Å². The normalized spacial score (nSPS) is 15.4. The monoisotopic (exact) mass is 372 g/mol. The molecule has 142 valence electrons. The second kappa shape index (κ2) is 7.17. The quantitative estimate of drug-likeness (QED) is 0.587. The first kappa shape index (κ1) is 17.1. The molecule has 1 N–H and O–H groups in total. The highest BCUT2D eigenvalue weighted by Gasteiger charge is 2.19. The van der Waals surface area contributed by atoms with Crippen molar-refractivity contribution in [2.75, 3.05) is 38.2 Å². The number of methoxy groups -OCH3 is 1. The molecule has 0 atom stereocenters. The van der Waals surface area contributed by atoms with Crippen molar-refractivity contribution >= 4 is 27.5 Å². The first-order valence-corrected chi connectivity index (χ1v) is 9.77. The summed E-state index contributed by atoms with van der Waals surface area (Å²) in [5, 5.41) is 2.43. The lowest BCUT2D eigenvalue weighted by molar-refractivity contribution is 0.247. The topological polar surface area (TPSA) is 44.4 Å². The zero-order chi connectivity index (χ0) is 18.9. The third-order valence-corrected chi connectivity index (χ3v) is 5.62. The van der Waals surface area contributed by atoms with Gasteiger partial charge in [-0.1, -0.05) is 12.1 Å². The van der Waals surface area contributed by atoms with Crippen LogP contribution in [0, 0.1) is 0 Å². The number of ether oxygens (including phenoxy) is 1. The van der Waals surface area contributed by atoms with Crippen LogP contribution in [0.1, 0.15) is 5.69 Å². The minimum Gasteiger partial charge on any atom is -0.497 e. The van der Waals surface area contributed by atoms with Gasteiger partial charge in [0, 0.05) is 60.9 Å². The molecule has 5 heteroatoms. The summed E-state index contributed by atoms with van der Waals surface area (Å²) in [5.41, 5.74) is 4.68. The van der Waals surface area contributed by atoms with Crippen LogP contribution in [0.25, 0.3) is 21.8 Å². The number of nitrogens with one attached hydrogen (secondary N) is 1. The maximum absolute atomic E-state index is 5.30. The second-order valence-electron chi connectivity index (χ2n) is 7.34. The van der Waals surface area contributed by atoms with Gasteiger partial charge in [-0.25, -0.2) is 0 Å². The maximum atomic E-state index is 5.30. The number of piperazine rings is 1. The molecule has 0 saturated carbocycles. The molecule has 0 amide bonds. The van der Waals surface area contributed by atoms with E-state index in [2.05, 4.69) is 51.2 Å². The molecule has 2 aromatic heterocycles. The zero-order valence-electron chi connectivity index (χ0n) is 16.1. The molecule has 1 aliphatic heterocycles. The molecular formula is C23H24N4O. The van der Waals surface area contributed by atoms with Gasteiger partial charge in [-0.2, -0.15) is 0 Å². The fraction of sp³-hybridized carbons (Fsp3) is 0.261. The van der Waals surface area contributed by atoms with Gasteiger partial charge in [0.1, 0.15) is 5.75 Å². The van der Waals surface area contributed by atoms with E-state index in [-0.39, 0.29) is 0 Å². The summed E-state index contributed by atoms with van der Waals surface area (Å²) in [6.07, 6.45) is 2.02. The molecule has 28 heavy (non-hydrogen) atoms. The van der Waals surface area contributed by atoms with Crippen LogP contribution in [0.2, 0.25) is 0 Å². The Morgan fingerprint density at radius 1 is 1.00 bits per heavy atom. The van der Waals surface area contributed by atoms with E-state index in [9.17, 15) is 0 Å². The van der Waals surface area contributed by atoms with E-state index in [0.29, 0.717) is 0 Å². The molecular weight excluding hydrogens is 348 g/mol. The SMILES string of the molecule is COc1ccc2nc(CN3CCN(c4cccc5[nH]ccc45)CC3)ccc2c1. The number of rotatable bonds is 4. The molecule has 4 aromatic rings. The highest BCUT2D eigenvalue weighted by atomic mass is 16.5. The van der Waals surface area contributed by atoms with Gasteiger partial charge in [0.2, 0.25) is 0 Å². The van der Waals surface area contributed by atoms with Gasteiger partial charge >= 0.3 is 0 Å². The molecule has 5 rings (SSSR count). The smallest absolute Gasteiger partial charge is 0.119 e. The Hall–Kier alpha value is -3.05. The number of H-pyrrole nitrogens is 1. The number of hydrogen-bond acceptors (Lipinski definition) is 4. The third-order valence-electron chi connectivity index (χ3n) is 5.62. The minimum atomic E-state index is 0.871. The summed E-state index contributed by atoms with van der Waals surface area (Å²) in [7, 11) is 1.69. The number of hydrogen-bond donors (Lipinski definition) is 1. The Bertz CT molecular complexity index is 1110. The highest BCUT2D eigenvalue weighted by molar-refractivity contribution is 5.92. The Kier molecular flexibility index (Phi) is 4.37. The lowest BCUT2D eigenvalue weighted by Gasteiger charge is -2.36. The molecule has 2 aromatic carbocycles. The lowest BCUT2D eigenvalue weighted by Crippen LogP contribution is -2.46. The fourth-order valence-electron chi connectivity index (χ4n) is 4.08. The summed E-state index contributed by atoms with van der Waals surface area (Å²) in [5.74, 6) is 0.871. The van der Waals surface area contributed by atoms with E-state index in [4.69, 9.17) is 9.72 Å². The lowest BCUT2D eigenvalue weighted by atomic mass is 10.1. The number of aromatic nitrogens is 2. The van der Waals surface area contributed by atoms with Crippen molar-refractivity contribution in [1.82, 2.24) is 14.9 Å². The van der Waals surface area contributed by atoms with E-state index in [1.807, 2.05) is 24.4 Å². The first-order chi connectivity index (χ1) is 13.8. The fourth-order valence-corrected chi connectivity index (χ4v) is 4.08. The molecule has 1 saturated heterocycles. The number of nitrogens with zero attached hydrogens (tertiary/aromatic N) is 3. The van der Waals surface area contributed by atoms with Crippen LogP contribution in [-0.4, -0.2) is 48.2 Å². The second-order valence-corrected chi connectivity index (χ2v) is 7.34. The number of benzene rings is 2. The van der Waals surface area contributed by atoms with Crippen LogP contribution >= 0.6 is 0 Å². The third kappa shape index (κ3) is 3.18. The molecule has 5 nitrogen and oxygen atoms in total. The van der Waals surface area contributed by atoms with E-state index < -0.39 is 0 Å². The van der Waals surface area contributed by atoms with E-state index in [1.54, 1.807) is 7.11 Å². The molecule has 1 fully saturated rings.